The number of carbonyl (C=O) groups is 1. The highest BCUT2D eigenvalue weighted by Crippen LogP contribution is 2.12. The van der Waals surface area contributed by atoms with Crippen LogP contribution < -0.4 is 5.32 Å². The van der Waals surface area contributed by atoms with Gasteiger partial charge in [0, 0.05) is 25.6 Å². The number of hydrogen-bond donors (Lipinski definition) is 1. The van der Waals surface area contributed by atoms with Crippen LogP contribution in [0, 0.1) is 0 Å². The van der Waals surface area contributed by atoms with E-state index in [0.29, 0.717) is 12.5 Å². The summed E-state index contributed by atoms with van der Waals surface area (Å²) in [6, 6.07) is 0.490. The molecule has 1 fully saturated rings. The molecule has 0 bridgehead atoms. The molecule has 1 aliphatic heterocycles. The molecule has 0 radical (unpaired) electrons. The zero-order chi connectivity index (χ0) is 10.6. The first-order valence-electron chi connectivity index (χ1n) is 5.23. The van der Waals surface area contributed by atoms with Crippen LogP contribution in [-0.4, -0.2) is 37.0 Å². The molecule has 0 aliphatic carbocycles. The van der Waals surface area contributed by atoms with E-state index in [9.17, 15) is 4.79 Å². The van der Waals surface area contributed by atoms with Crippen molar-refractivity contribution in [3.05, 3.63) is 12.2 Å². The highest BCUT2D eigenvalue weighted by molar-refractivity contribution is 5.76. The Morgan fingerprint density at radius 2 is 2.29 bits per heavy atom. The molecule has 1 atom stereocenters. The molecule has 1 heterocycles. The van der Waals surface area contributed by atoms with Gasteiger partial charge >= 0.3 is 0 Å². The number of amides is 1. The third-order valence-electron chi connectivity index (χ3n) is 2.71. The number of carbonyl (C=O) groups excluding carboxylic acids is 1. The Kier molecular flexibility index (Phi) is 4.14. The summed E-state index contributed by atoms with van der Waals surface area (Å²) in [6.45, 7) is 7.54. The molecule has 1 unspecified atom stereocenters. The molecular weight excluding hydrogens is 176 g/mol. The van der Waals surface area contributed by atoms with E-state index in [-0.39, 0.29) is 5.91 Å². The number of nitrogens with zero attached hydrogens (tertiary/aromatic N) is 1. The summed E-state index contributed by atoms with van der Waals surface area (Å²) in [4.78, 5) is 13.6. The Hall–Kier alpha value is -0.830. The first-order valence-corrected chi connectivity index (χ1v) is 5.23. The fourth-order valence-corrected chi connectivity index (χ4v) is 1.70. The minimum absolute atomic E-state index is 0.269. The predicted octanol–water partition coefficient (Wildman–Crippen LogP) is 1.16. The van der Waals surface area contributed by atoms with Crippen LogP contribution in [0.25, 0.3) is 0 Å². The van der Waals surface area contributed by atoms with E-state index in [4.69, 9.17) is 0 Å². The van der Waals surface area contributed by atoms with Crippen molar-refractivity contribution in [2.45, 2.75) is 32.2 Å². The molecule has 3 heteroatoms. The highest BCUT2D eigenvalue weighted by Gasteiger charge is 2.24. The topological polar surface area (TPSA) is 32.3 Å². The number of likely N-dealkylation sites (N-methyl/N-ethyl adjacent to an activating group) is 1. The van der Waals surface area contributed by atoms with Crippen LogP contribution in [0.4, 0.5) is 0 Å². The Labute approximate surface area is 86.2 Å². The summed E-state index contributed by atoms with van der Waals surface area (Å²) in [5.41, 5.74) is 1.09. The van der Waals surface area contributed by atoms with E-state index in [1.807, 2.05) is 18.9 Å². The van der Waals surface area contributed by atoms with Crippen LogP contribution in [0.3, 0.4) is 0 Å². The van der Waals surface area contributed by atoms with Crippen molar-refractivity contribution in [2.24, 2.45) is 0 Å². The molecule has 1 aliphatic rings. The third-order valence-corrected chi connectivity index (χ3v) is 2.71. The monoisotopic (exact) mass is 196 g/mol. The number of allylic oxidation sites excluding steroid dienone is 1. The average Bonchev–Trinajstić information content (AvgIpc) is 2.62. The lowest BCUT2D eigenvalue weighted by Crippen LogP contribution is -2.33. The Balaban J connectivity index is 2.28. The highest BCUT2D eigenvalue weighted by atomic mass is 16.2. The molecule has 0 aromatic rings. The van der Waals surface area contributed by atoms with Crippen molar-refractivity contribution in [3.8, 4) is 0 Å². The van der Waals surface area contributed by atoms with Crippen LogP contribution in [0.2, 0.25) is 0 Å². The van der Waals surface area contributed by atoms with E-state index >= 15 is 0 Å². The maximum atomic E-state index is 11.7. The molecule has 1 saturated heterocycles. The van der Waals surface area contributed by atoms with Gasteiger partial charge in [-0.1, -0.05) is 5.57 Å². The summed E-state index contributed by atoms with van der Waals surface area (Å²) >= 11 is 0. The van der Waals surface area contributed by atoms with E-state index in [1.165, 1.54) is 0 Å². The van der Waals surface area contributed by atoms with E-state index < -0.39 is 0 Å². The van der Waals surface area contributed by atoms with Crippen LogP contribution in [0.1, 0.15) is 26.2 Å². The van der Waals surface area contributed by atoms with Crippen LogP contribution in [0.15, 0.2) is 12.2 Å². The van der Waals surface area contributed by atoms with Gasteiger partial charge in [-0.3, -0.25) is 4.79 Å². The number of hydrogen-bond acceptors (Lipinski definition) is 2. The first-order chi connectivity index (χ1) is 6.63. The van der Waals surface area contributed by atoms with Crippen molar-refractivity contribution in [1.82, 2.24) is 10.2 Å². The van der Waals surface area contributed by atoms with Crippen LogP contribution in [0.5, 0.6) is 0 Å². The van der Waals surface area contributed by atoms with Gasteiger partial charge in [0.25, 0.3) is 0 Å². The maximum absolute atomic E-state index is 11.7. The van der Waals surface area contributed by atoms with Crippen molar-refractivity contribution in [1.29, 1.82) is 0 Å². The van der Waals surface area contributed by atoms with Gasteiger partial charge in [0.05, 0.1) is 0 Å². The summed E-state index contributed by atoms with van der Waals surface area (Å²) < 4.78 is 0. The fraction of sp³-hybridized carbons (Fsp3) is 0.727. The van der Waals surface area contributed by atoms with Gasteiger partial charge in [-0.05, 0) is 26.8 Å². The zero-order valence-corrected chi connectivity index (χ0v) is 9.18. The second kappa shape index (κ2) is 5.15. The van der Waals surface area contributed by atoms with Crippen molar-refractivity contribution in [2.75, 3.05) is 20.1 Å². The van der Waals surface area contributed by atoms with E-state index in [1.54, 1.807) is 0 Å². The molecule has 1 amide bonds. The molecular formula is C11H20N2O. The molecule has 1 N–H and O–H groups in total. The molecule has 14 heavy (non-hydrogen) atoms. The minimum atomic E-state index is 0.269. The number of rotatable bonds is 4. The lowest BCUT2D eigenvalue weighted by molar-refractivity contribution is -0.130. The summed E-state index contributed by atoms with van der Waals surface area (Å²) in [7, 11) is 1.95. The van der Waals surface area contributed by atoms with Gasteiger partial charge in [0.2, 0.25) is 5.91 Å². The number of likely N-dealkylation sites (tertiary alicyclic amines) is 1. The van der Waals surface area contributed by atoms with Gasteiger partial charge in [-0.15, -0.1) is 6.58 Å². The standard InChI is InChI=1S/C11H20N2O/c1-9(2)4-5-11(14)13-7-6-10(8-13)12-3/h10,12H,1,4-8H2,2-3H3. The Bertz CT molecular complexity index is 225. The molecule has 0 aromatic heterocycles. The van der Waals surface area contributed by atoms with Gasteiger partial charge in [-0.2, -0.15) is 0 Å². The van der Waals surface area contributed by atoms with Gasteiger partial charge < -0.3 is 10.2 Å². The quantitative estimate of drug-likeness (QED) is 0.684. The second-order valence-electron chi connectivity index (χ2n) is 4.07. The SMILES string of the molecule is C=C(C)CCC(=O)N1CCC(NC)C1. The van der Waals surface area contributed by atoms with Crippen molar-refractivity contribution < 1.29 is 4.79 Å². The first kappa shape index (κ1) is 11.2. The molecule has 3 nitrogen and oxygen atoms in total. The third kappa shape index (κ3) is 3.14. The average molecular weight is 196 g/mol. The molecule has 0 aromatic carbocycles. The van der Waals surface area contributed by atoms with Crippen LogP contribution in [-0.2, 0) is 4.79 Å². The second-order valence-corrected chi connectivity index (χ2v) is 4.07. The Morgan fingerprint density at radius 3 is 2.79 bits per heavy atom. The normalized spacial score (nSPS) is 21.3. The lowest BCUT2D eigenvalue weighted by atomic mass is 10.2. The molecule has 1 rings (SSSR count). The summed E-state index contributed by atoms with van der Waals surface area (Å²) in [5.74, 6) is 0.269. The number of nitrogens with one attached hydrogen (secondary N) is 1. The van der Waals surface area contributed by atoms with Crippen molar-refractivity contribution in [3.63, 3.8) is 0 Å². The van der Waals surface area contributed by atoms with E-state index in [2.05, 4.69) is 11.9 Å². The maximum Gasteiger partial charge on any atom is 0.222 e. The van der Waals surface area contributed by atoms with E-state index in [0.717, 1.165) is 31.5 Å². The van der Waals surface area contributed by atoms with Crippen LogP contribution >= 0.6 is 0 Å². The summed E-state index contributed by atoms with van der Waals surface area (Å²) in [5, 5.41) is 3.20. The predicted molar refractivity (Wildman–Crippen MR) is 58.1 cm³/mol. The lowest BCUT2D eigenvalue weighted by Gasteiger charge is -2.16. The molecule has 0 spiro atoms. The fourth-order valence-electron chi connectivity index (χ4n) is 1.70. The summed E-state index contributed by atoms with van der Waals surface area (Å²) in [6.07, 6.45) is 2.51. The minimum Gasteiger partial charge on any atom is -0.341 e. The smallest absolute Gasteiger partial charge is 0.222 e. The molecule has 80 valence electrons. The molecule has 0 saturated carbocycles. The van der Waals surface area contributed by atoms with Gasteiger partial charge in [0.15, 0.2) is 0 Å². The van der Waals surface area contributed by atoms with Gasteiger partial charge in [0.1, 0.15) is 0 Å². The zero-order valence-electron chi connectivity index (χ0n) is 9.18. The Morgan fingerprint density at radius 1 is 1.57 bits per heavy atom. The van der Waals surface area contributed by atoms with Crippen molar-refractivity contribution >= 4 is 5.91 Å². The largest absolute Gasteiger partial charge is 0.341 e. The van der Waals surface area contributed by atoms with Gasteiger partial charge in [-0.25, -0.2) is 0 Å².